The molecular weight excluding hydrogens is 366 g/mol. The van der Waals surface area contributed by atoms with Gasteiger partial charge in [0.25, 0.3) is 0 Å². The third kappa shape index (κ3) is 4.32. The number of halogens is 2. The summed E-state index contributed by atoms with van der Waals surface area (Å²) in [6.07, 6.45) is 0. The lowest BCUT2D eigenvalue weighted by atomic mass is 10.3. The van der Waals surface area contributed by atoms with Gasteiger partial charge < -0.3 is 9.64 Å². The third-order valence-corrected chi connectivity index (χ3v) is 5.23. The number of nitrogens with zero attached hydrogens (tertiary/aromatic N) is 3. The van der Waals surface area contributed by atoms with Crippen molar-refractivity contribution in [2.75, 3.05) is 31.2 Å². The van der Waals surface area contributed by atoms with E-state index in [4.69, 9.17) is 4.74 Å². The van der Waals surface area contributed by atoms with Crippen molar-refractivity contribution < 1.29 is 21.9 Å². The van der Waals surface area contributed by atoms with Gasteiger partial charge in [-0.2, -0.15) is 0 Å². The summed E-state index contributed by atoms with van der Waals surface area (Å²) in [5.41, 5.74) is 1.17. The van der Waals surface area contributed by atoms with Crippen molar-refractivity contribution in [1.82, 2.24) is 14.7 Å². The first-order valence-electron chi connectivity index (χ1n) is 7.97. The minimum absolute atomic E-state index is 0.0952. The quantitative estimate of drug-likeness (QED) is 0.839. The monoisotopic (exact) mass is 384 g/mol. The zero-order valence-electron chi connectivity index (χ0n) is 14.1. The van der Waals surface area contributed by atoms with E-state index in [1.165, 1.54) is 0 Å². The lowest BCUT2D eigenvalue weighted by Crippen LogP contribution is -2.37. The van der Waals surface area contributed by atoms with Crippen LogP contribution in [0.5, 0.6) is 0 Å². The molecular formula is C16H18F2N4O3S. The van der Waals surface area contributed by atoms with Crippen molar-refractivity contribution in [2.24, 2.45) is 0 Å². The number of aryl methyl sites for hydroxylation is 1. The van der Waals surface area contributed by atoms with Crippen LogP contribution in [0.3, 0.4) is 0 Å². The van der Waals surface area contributed by atoms with Crippen molar-refractivity contribution in [3.8, 4) is 0 Å². The Hall–Kier alpha value is -2.17. The van der Waals surface area contributed by atoms with Crippen LogP contribution < -0.4 is 9.62 Å². The number of rotatable bonds is 5. The molecule has 1 aromatic heterocycles. The van der Waals surface area contributed by atoms with Gasteiger partial charge in [-0.3, -0.25) is 0 Å². The SMILES string of the molecule is Cc1cc(CNS(=O)(=O)c2ccc(F)c(F)c2)nc(N2CCOCC2)n1. The fourth-order valence-corrected chi connectivity index (χ4v) is 3.52. The summed E-state index contributed by atoms with van der Waals surface area (Å²) in [6.45, 7) is 4.17. The Kier molecular flexibility index (Phi) is 5.44. The van der Waals surface area contributed by atoms with Crippen LogP contribution in [0.1, 0.15) is 11.4 Å². The summed E-state index contributed by atoms with van der Waals surface area (Å²) in [7, 11) is -4.00. The highest BCUT2D eigenvalue weighted by atomic mass is 32.2. The maximum absolute atomic E-state index is 13.3. The summed E-state index contributed by atoms with van der Waals surface area (Å²) < 4.78 is 58.4. The fourth-order valence-electron chi connectivity index (χ4n) is 2.51. The van der Waals surface area contributed by atoms with E-state index in [9.17, 15) is 17.2 Å². The first kappa shape index (κ1) is 18.6. The fraction of sp³-hybridized carbons (Fsp3) is 0.375. The maximum Gasteiger partial charge on any atom is 0.241 e. The summed E-state index contributed by atoms with van der Waals surface area (Å²) >= 11 is 0. The second kappa shape index (κ2) is 7.60. The van der Waals surface area contributed by atoms with Crippen LogP contribution in [-0.4, -0.2) is 44.7 Å². The zero-order valence-corrected chi connectivity index (χ0v) is 14.9. The summed E-state index contributed by atoms with van der Waals surface area (Å²) in [5.74, 6) is -1.82. The first-order valence-corrected chi connectivity index (χ1v) is 9.45. The summed E-state index contributed by atoms with van der Waals surface area (Å²) in [4.78, 5) is 10.4. The molecule has 0 bridgehead atoms. The van der Waals surface area contributed by atoms with Gasteiger partial charge >= 0.3 is 0 Å². The molecule has 3 rings (SSSR count). The van der Waals surface area contributed by atoms with E-state index in [2.05, 4.69) is 14.7 Å². The molecule has 0 unspecified atom stereocenters. The molecule has 140 valence electrons. The average Bonchev–Trinajstić information content (AvgIpc) is 2.62. The van der Waals surface area contributed by atoms with E-state index in [0.29, 0.717) is 49.7 Å². The van der Waals surface area contributed by atoms with Crippen LogP contribution in [-0.2, 0) is 21.3 Å². The Morgan fingerprint density at radius 3 is 2.58 bits per heavy atom. The van der Waals surface area contributed by atoms with E-state index < -0.39 is 21.7 Å². The Balaban J connectivity index is 1.76. The van der Waals surface area contributed by atoms with Gasteiger partial charge in [-0.15, -0.1) is 0 Å². The topological polar surface area (TPSA) is 84.4 Å². The van der Waals surface area contributed by atoms with Crippen molar-refractivity contribution in [2.45, 2.75) is 18.4 Å². The molecule has 1 N–H and O–H groups in total. The Morgan fingerprint density at radius 1 is 1.15 bits per heavy atom. The van der Waals surface area contributed by atoms with Gasteiger partial charge in [0.2, 0.25) is 16.0 Å². The highest BCUT2D eigenvalue weighted by Gasteiger charge is 2.18. The molecule has 0 atom stereocenters. The van der Waals surface area contributed by atoms with Gasteiger partial charge in [0, 0.05) is 18.8 Å². The van der Waals surface area contributed by atoms with Crippen LogP contribution in [0.4, 0.5) is 14.7 Å². The minimum atomic E-state index is -4.00. The predicted molar refractivity (Wildman–Crippen MR) is 90.2 cm³/mol. The van der Waals surface area contributed by atoms with E-state index in [0.717, 1.165) is 12.1 Å². The number of sulfonamides is 1. The number of hydrogen-bond donors (Lipinski definition) is 1. The zero-order chi connectivity index (χ0) is 18.7. The van der Waals surface area contributed by atoms with Gasteiger partial charge in [-0.25, -0.2) is 31.9 Å². The first-order chi connectivity index (χ1) is 12.3. The lowest BCUT2D eigenvalue weighted by molar-refractivity contribution is 0.122. The molecule has 1 aliphatic heterocycles. The van der Waals surface area contributed by atoms with E-state index in [1.807, 2.05) is 4.90 Å². The second-order valence-corrected chi connectivity index (χ2v) is 7.57. The van der Waals surface area contributed by atoms with Crippen molar-refractivity contribution in [3.63, 3.8) is 0 Å². The van der Waals surface area contributed by atoms with E-state index in [-0.39, 0.29) is 11.4 Å². The molecule has 2 aromatic rings. The normalized spacial score (nSPS) is 15.3. The highest BCUT2D eigenvalue weighted by molar-refractivity contribution is 7.89. The smallest absolute Gasteiger partial charge is 0.241 e. The molecule has 26 heavy (non-hydrogen) atoms. The molecule has 10 heteroatoms. The Morgan fingerprint density at radius 2 is 1.88 bits per heavy atom. The molecule has 0 spiro atoms. The number of aromatic nitrogens is 2. The molecule has 0 saturated carbocycles. The number of benzene rings is 1. The second-order valence-electron chi connectivity index (χ2n) is 5.80. The summed E-state index contributed by atoms with van der Waals surface area (Å²) in [6, 6.07) is 4.08. The van der Waals surface area contributed by atoms with Gasteiger partial charge in [0.1, 0.15) is 0 Å². The number of ether oxygens (including phenoxy) is 1. The van der Waals surface area contributed by atoms with Crippen molar-refractivity contribution >= 4 is 16.0 Å². The third-order valence-electron chi connectivity index (χ3n) is 3.83. The molecule has 1 aromatic carbocycles. The Labute approximate surface area is 150 Å². The summed E-state index contributed by atoms with van der Waals surface area (Å²) in [5, 5.41) is 0. The minimum Gasteiger partial charge on any atom is -0.378 e. The highest BCUT2D eigenvalue weighted by Crippen LogP contribution is 2.15. The molecule has 0 aliphatic carbocycles. The molecule has 1 aliphatic rings. The Bertz CT molecular complexity index is 902. The average molecular weight is 384 g/mol. The van der Waals surface area contributed by atoms with Crippen LogP contribution in [0, 0.1) is 18.6 Å². The molecule has 1 saturated heterocycles. The number of nitrogens with one attached hydrogen (secondary N) is 1. The standard InChI is InChI=1S/C16H18F2N4O3S/c1-11-8-12(21-16(20-11)22-4-6-25-7-5-22)10-19-26(23,24)13-2-3-14(17)15(18)9-13/h2-3,8-9,19H,4-7,10H2,1H3. The van der Waals surface area contributed by atoms with Gasteiger partial charge in [0.05, 0.1) is 30.3 Å². The largest absolute Gasteiger partial charge is 0.378 e. The number of morpholine rings is 1. The number of anilines is 1. The van der Waals surface area contributed by atoms with Crippen molar-refractivity contribution in [3.05, 3.63) is 47.3 Å². The lowest BCUT2D eigenvalue weighted by Gasteiger charge is -2.27. The van der Waals surface area contributed by atoms with Gasteiger partial charge in [0.15, 0.2) is 11.6 Å². The van der Waals surface area contributed by atoms with Crippen molar-refractivity contribution in [1.29, 1.82) is 0 Å². The van der Waals surface area contributed by atoms with Gasteiger partial charge in [-0.05, 0) is 31.2 Å². The predicted octanol–water partition coefficient (Wildman–Crippen LogP) is 1.38. The van der Waals surface area contributed by atoms with E-state index >= 15 is 0 Å². The molecule has 0 amide bonds. The van der Waals surface area contributed by atoms with Crippen LogP contribution in [0.25, 0.3) is 0 Å². The molecule has 7 nitrogen and oxygen atoms in total. The molecule has 2 heterocycles. The van der Waals surface area contributed by atoms with Crippen LogP contribution in [0.2, 0.25) is 0 Å². The maximum atomic E-state index is 13.3. The van der Waals surface area contributed by atoms with E-state index in [1.54, 1.807) is 13.0 Å². The van der Waals surface area contributed by atoms with Crippen LogP contribution in [0.15, 0.2) is 29.2 Å². The number of hydrogen-bond acceptors (Lipinski definition) is 6. The molecule has 0 radical (unpaired) electrons. The van der Waals surface area contributed by atoms with Crippen LogP contribution >= 0.6 is 0 Å². The van der Waals surface area contributed by atoms with Gasteiger partial charge in [-0.1, -0.05) is 0 Å². The molecule has 1 fully saturated rings.